The number of benzene rings is 1. The van der Waals surface area contributed by atoms with E-state index in [2.05, 4.69) is 11.9 Å². The second-order valence-corrected chi connectivity index (χ2v) is 5.13. The maximum atomic E-state index is 11.8. The molecule has 1 N–H and O–H groups in total. The molecule has 0 aliphatic heterocycles. The van der Waals surface area contributed by atoms with E-state index in [0.717, 1.165) is 5.69 Å². The Labute approximate surface area is 101 Å². The third kappa shape index (κ3) is 3.38. The van der Waals surface area contributed by atoms with E-state index in [1.54, 1.807) is 24.3 Å². The first-order chi connectivity index (χ1) is 7.30. The number of halogens is 1. The highest BCUT2D eigenvalue weighted by Crippen LogP contribution is 2.24. The molecule has 16 heavy (non-hydrogen) atoms. The number of carbonyl (C=O) groups is 1. The highest BCUT2D eigenvalue weighted by atomic mass is 35.5. The summed E-state index contributed by atoms with van der Waals surface area (Å²) in [6.45, 7) is 9.67. The van der Waals surface area contributed by atoms with Crippen LogP contribution in [0.25, 0.3) is 0 Å². The molecule has 0 radical (unpaired) electrons. The van der Waals surface area contributed by atoms with Gasteiger partial charge >= 0.3 is 0 Å². The van der Waals surface area contributed by atoms with Crippen LogP contribution in [0.3, 0.4) is 0 Å². The van der Waals surface area contributed by atoms with Crippen molar-refractivity contribution in [3.8, 4) is 0 Å². The lowest BCUT2D eigenvalue weighted by atomic mass is 9.87. The molecular formula is C13H16ClNO. The van der Waals surface area contributed by atoms with Gasteiger partial charge in [-0.15, -0.1) is 0 Å². The molecule has 1 amide bonds. The van der Waals surface area contributed by atoms with Crippen LogP contribution in [0.1, 0.15) is 20.8 Å². The molecule has 2 nitrogen and oxygen atoms in total. The molecule has 0 heterocycles. The minimum absolute atomic E-state index is 0.158. The van der Waals surface area contributed by atoms with Crippen molar-refractivity contribution in [1.29, 1.82) is 0 Å². The van der Waals surface area contributed by atoms with Gasteiger partial charge in [-0.3, -0.25) is 4.79 Å². The minimum atomic E-state index is -0.226. The molecule has 0 aromatic heterocycles. The monoisotopic (exact) mass is 237 g/mol. The Morgan fingerprint density at radius 3 is 2.19 bits per heavy atom. The van der Waals surface area contributed by atoms with Crippen molar-refractivity contribution in [2.45, 2.75) is 20.8 Å². The molecule has 3 heteroatoms. The zero-order chi connectivity index (χ0) is 12.3. The zero-order valence-electron chi connectivity index (χ0n) is 9.80. The SMILES string of the molecule is C=C(C(=O)Nc1ccc(Cl)cc1)C(C)(C)C. The molecule has 1 aromatic rings. The standard InChI is InChI=1S/C13H16ClNO/c1-9(13(2,3)4)12(16)15-11-7-5-10(14)6-8-11/h5-8H,1H2,2-4H3,(H,15,16). The van der Waals surface area contributed by atoms with E-state index in [-0.39, 0.29) is 11.3 Å². The molecule has 0 unspecified atom stereocenters. The lowest BCUT2D eigenvalue weighted by Gasteiger charge is -2.20. The van der Waals surface area contributed by atoms with Crippen molar-refractivity contribution >= 4 is 23.2 Å². The van der Waals surface area contributed by atoms with Crippen molar-refractivity contribution in [2.75, 3.05) is 5.32 Å². The molecule has 0 saturated carbocycles. The van der Waals surface area contributed by atoms with Crippen LogP contribution in [-0.2, 0) is 4.79 Å². The van der Waals surface area contributed by atoms with Gasteiger partial charge in [-0.25, -0.2) is 0 Å². The fraction of sp³-hybridized carbons (Fsp3) is 0.308. The Morgan fingerprint density at radius 1 is 1.25 bits per heavy atom. The number of hydrogen-bond acceptors (Lipinski definition) is 1. The van der Waals surface area contributed by atoms with E-state index in [0.29, 0.717) is 10.6 Å². The smallest absolute Gasteiger partial charge is 0.251 e. The van der Waals surface area contributed by atoms with Gasteiger partial charge < -0.3 is 5.32 Å². The van der Waals surface area contributed by atoms with Crippen molar-refractivity contribution in [1.82, 2.24) is 0 Å². The van der Waals surface area contributed by atoms with Crippen molar-refractivity contribution in [3.63, 3.8) is 0 Å². The van der Waals surface area contributed by atoms with Gasteiger partial charge in [0.15, 0.2) is 0 Å². The molecule has 1 rings (SSSR count). The summed E-state index contributed by atoms with van der Waals surface area (Å²) in [7, 11) is 0. The quantitative estimate of drug-likeness (QED) is 0.777. The van der Waals surface area contributed by atoms with Crippen LogP contribution in [0.15, 0.2) is 36.4 Å². The summed E-state index contributed by atoms with van der Waals surface area (Å²) in [6, 6.07) is 6.99. The minimum Gasteiger partial charge on any atom is -0.322 e. The van der Waals surface area contributed by atoms with Crippen LogP contribution in [0.4, 0.5) is 5.69 Å². The zero-order valence-corrected chi connectivity index (χ0v) is 10.6. The summed E-state index contributed by atoms with van der Waals surface area (Å²) in [5, 5.41) is 3.42. The maximum Gasteiger partial charge on any atom is 0.251 e. The van der Waals surface area contributed by atoms with Gasteiger partial charge in [0, 0.05) is 16.3 Å². The van der Waals surface area contributed by atoms with Crippen LogP contribution in [-0.4, -0.2) is 5.91 Å². The van der Waals surface area contributed by atoms with E-state index in [1.807, 2.05) is 20.8 Å². The summed E-state index contributed by atoms with van der Waals surface area (Å²) in [5.41, 5.74) is 1.05. The Balaban J connectivity index is 2.72. The van der Waals surface area contributed by atoms with E-state index >= 15 is 0 Å². The van der Waals surface area contributed by atoms with Gasteiger partial charge in [-0.2, -0.15) is 0 Å². The summed E-state index contributed by atoms with van der Waals surface area (Å²) in [4.78, 5) is 11.8. The van der Waals surface area contributed by atoms with Gasteiger partial charge in [-0.1, -0.05) is 39.0 Å². The molecule has 0 saturated heterocycles. The summed E-state index contributed by atoms with van der Waals surface area (Å²) >= 11 is 5.75. The van der Waals surface area contributed by atoms with Crippen LogP contribution in [0.2, 0.25) is 5.02 Å². The van der Waals surface area contributed by atoms with Crippen molar-refractivity contribution in [2.24, 2.45) is 5.41 Å². The fourth-order valence-corrected chi connectivity index (χ4v) is 1.21. The molecule has 0 aliphatic rings. The van der Waals surface area contributed by atoms with Gasteiger partial charge in [0.1, 0.15) is 0 Å². The molecule has 0 atom stereocenters. The van der Waals surface area contributed by atoms with E-state index in [1.165, 1.54) is 0 Å². The first kappa shape index (κ1) is 12.8. The average molecular weight is 238 g/mol. The number of carbonyl (C=O) groups excluding carboxylic acids is 1. The van der Waals surface area contributed by atoms with Gasteiger partial charge in [0.2, 0.25) is 0 Å². The number of hydrogen-bond donors (Lipinski definition) is 1. The van der Waals surface area contributed by atoms with E-state index in [4.69, 9.17) is 11.6 Å². The Hall–Kier alpha value is -1.28. The summed E-state index contributed by atoms with van der Waals surface area (Å²) < 4.78 is 0. The topological polar surface area (TPSA) is 29.1 Å². The number of nitrogens with one attached hydrogen (secondary N) is 1. The normalized spacial score (nSPS) is 11.0. The largest absolute Gasteiger partial charge is 0.322 e. The molecule has 0 spiro atoms. The molecular weight excluding hydrogens is 222 g/mol. The van der Waals surface area contributed by atoms with Crippen LogP contribution < -0.4 is 5.32 Å². The Bertz CT molecular complexity index is 401. The molecule has 86 valence electrons. The fourth-order valence-electron chi connectivity index (χ4n) is 1.08. The highest BCUT2D eigenvalue weighted by molar-refractivity contribution is 6.30. The predicted octanol–water partition coefficient (Wildman–Crippen LogP) is 3.88. The Kier molecular flexibility index (Phi) is 3.76. The van der Waals surface area contributed by atoms with Gasteiger partial charge in [-0.05, 0) is 29.7 Å². The van der Waals surface area contributed by atoms with Gasteiger partial charge in [0.05, 0.1) is 0 Å². The van der Waals surface area contributed by atoms with Crippen LogP contribution in [0, 0.1) is 5.41 Å². The second-order valence-electron chi connectivity index (χ2n) is 4.69. The highest BCUT2D eigenvalue weighted by Gasteiger charge is 2.21. The maximum absolute atomic E-state index is 11.8. The first-order valence-electron chi connectivity index (χ1n) is 5.07. The van der Waals surface area contributed by atoms with E-state index in [9.17, 15) is 4.79 Å². The van der Waals surface area contributed by atoms with Crippen molar-refractivity contribution < 1.29 is 4.79 Å². The molecule has 0 aliphatic carbocycles. The summed E-state index contributed by atoms with van der Waals surface area (Å²) in [6.07, 6.45) is 0. The third-order valence-electron chi connectivity index (χ3n) is 2.28. The number of anilines is 1. The molecule has 0 bridgehead atoms. The molecule has 1 aromatic carbocycles. The first-order valence-corrected chi connectivity index (χ1v) is 5.45. The molecule has 0 fully saturated rings. The van der Waals surface area contributed by atoms with Crippen molar-refractivity contribution in [3.05, 3.63) is 41.4 Å². The lowest BCUT2D eigenvalue weighted by molar-refractivity contribution is -0.113. The lowest BCUT2D eigenvalue weighted by Crippen LogP contribution is -2.23. The van der Waals surface area contributed by atoms with Crippen LogP contribution in [0.5, 0.6) is 0 Å². The second kappa shape index (κ2) is 4.71. The predicted molar refractivity (Wildman–Crippen MR) is 68.7 cm³/mol. The number of rotatable bonds is 2. The average Bonchev–Trinajstić information content (AvgIpc) is 2.19. The third-order valence-corrected chi connectivity index (χ3v) is 2.53. The van der Waals surface area contributed by atoms with Crippen LogP contribution >= 0.6 is 11.6 Å². The summed E-state index contributed by atoms with van der Waals surface area (Å²) in [5.74, 6) is -0.158. The van der Waals surface area contributed by atoms with Gasteiger partial charge in [0.25, 0.3) is 5.91 Å². The van der Waals surface area contributed by atoms with E-state index < -0.39 is 0 Å². The number of amides is 1. The Morgan fingerprint density at radius 2 is 1.75 bits per heavy atom.